The number of aryl methyl sites for hydroxylation is 1. The average molecular weight is 290 g/mol. The van der Waals surface area contributed by atoms with E-state index in [1.807, 2.05) is 49.5 Å². The predicted octanol–water partition coefficient (Wildman–Crippen LogP) is 2.14. The molecule has 0 atom stereocenters. The predicted molar refractivity (Wildman–Crippen MR) is 78.6 cm³/mol. The van der Waals surface area contributed by atoms with Crippen LogP contribution < -0.4 is 0 Å². The molecule has 0 N–H and O–H groups in total. The maximum Gasteiger partial charge on any atom is 0.218 e. The molecule has 0 unspecified atom stereocenters. The molecule has 0 spiro atoms. The van der Waals surface area contributed by atoms with Gasteiger partial charge in [-0.1, -0.05) is 29.8 Å². The molecule has 0 saturated carbocycles. The van der Waals surface area contributed by atoms with E-state index in [4.69, 9.17) is 0 Å². The fraction of sp³-hybridized carbons (Fsp3) is 0.333. The highest BCUT2D eigenvalue weighted by Gasteiger charge is 2.26. The standard InChI is InChI=1S/C15H18N2O2S/c1-13-4-2-5-14(10-13)12-20(18,19)17-9-8-16-7-3-6-15(16)11-17/h2-7,10H,8-9,11-12H2,1H3. The lowest BCUT2D eigenvalue weighted by atomic mass is 10.2. The highest BCUT2D eigenvalue weighted by atomic mass is 32.2. The first-order chi connectivity index (χ1) is 9.54. The third-order valence-electron chi connectivity index (χ3n) is 3.68. The number of sulfonamides is 1. The van der Waals surface area contributed by atoms with Crippen LogP contribution in [0.15, 0.2) is 42.6 Å². The van der Waals surface area contributed by atoms with E-state index in [1.165, 1.54) is 0 Å². The van der Waals surface area contributed by atoms with Gasteiger partial charge in [0, 0.05) is 25.0 Å². The van der Waals surface area contributed by atoms with Crippen molar-refractivity contribution >= 4 is 10.0 Å². The molecular formula is C15H18N2O2S. The fourth-order valence-electron chi connectivity index (χ4n) is 2.63. The monoisotopic (exact) mass is 290 g/mol. The summed E-state index contributed by atoms with van der Waals surface area (Å²) in [6.07, 6.45) is 2.00. The number of aromatic nitrogens is 1. The van der Waals surface area contributed by atoms with Crippen LogP contribution in [0.3, 0.4) is 0 Å². The molecule has 1 aliphatic heterocycles. The third-order valence-corrected chi connectivity index (χ3v) is 5.47. The molecule has 20 heavy (non-hydrogen) atoms. The van der Waals surface area contributed by atoms with Gasteiger partial charge in [0.2, 0.25) is 10.0 Å². The number of benzene rings is 1. The van der Waals surface area contributed by atoms with Crippen molar-refractivity contribution in [2.45, 2.75) is 25.8 Å². The number of hydrogen-bond donors (Lipinski definition) is 0. The summed E-state index contributed by atoms with van der Waals surface area (Å²) >= 11 is 0. The molecule has 106 valence electrons. The zero-order valence-electron chi connectivity index (χ0n) is 11.5. The maximum absolute atomic E-state index is 12.5. The van der Waals surface area contributed by atoms with E-state index in [1.54, 1.807) is 4.31 Å². The lowest BCUT2D eigenvalue weighted by Gasteiger charge is -2.28. The normalized spacial score (nSPS) is 16.1. The Morgan fingerprint density at radius 1 is 1.15 bits per heavy atom. The van der Waals surface area contributed by atoms with E-state index in [0.29, 0.717) is 13.1 Å². The Balaban J connectivity index is 1.79. The quantitative estimate of drug-likeness (QED) is 0.869. The SMILES string of the molecule is Cc1cccc(CS(=O)(=O)N2CCn3cccc3C2)c1. The minimum Gasteiger partial charge on any atom is -0.349 e. The largest absolute Gasteiger partial charge is 0.349 e. The van der Waals surface area contributed by atoms with Crippen molar-refractivity contribution in [3.8, 4) is 0 Å². The lowest BCUT2D eigenvalue weighted by molar-refractivity contribution is 0.341. The van der Waals surface area contributed by atoms with Gasteiger partial charge in [0.25, 0.3) is 0 Å². The van der Waals surface area contributed by atoms with Gasteiger partial charge in [-0.25, -0.2) is 8.42 Å². The topological polar surface area (TPSA) is 42.3 Å². The van der Waals surface area contributed by atoms with Gasteiger partial charge in [-0.15, -0.1) is 0 Å². The highest BCUT2D eigenvalue weighted by molar-refractivity contribution is 7.88. The second-order valence-corrected chi connectivity index (χ2v) is 7.24. The summed E-state index contributed by atoms with van der Waals surface area (Å²) in [6, 6.07) is 11.6. The summed E-state index contributed by atoms with van der Waals surface area (Å²) in [5.41, 5.74) is 3.00. The van der Waals surface area contributed by atoms with Gasteiger partial charge < -0.3 is 4.57 Å². The van der Waals surface area contributed by atoms with Crippen LogP contribution >= 0.6 is 0 Å². The fourth-order valence-corrected chi connectivity index (χ4v) is 4.10. The van der Waals surface area contributed by atoms with Crippen molar-refractivity contribution in [3.05, 3.63) is 59.4 Å². The second-order valence-electron chi connectivity index (χ2n) is 5.27. The van der Waals surface area contributed by atoms with Gasteiger partial charge in [-0.05, 0) is 24.6 Å². The minimum atomic E-state index is -3.25. The van der Waals surface area contributed by atoms with Gasteiger partial charge in [-0.2, -0.15) is 4.31 Å². The molecule has 2 aromatic rings. The molecule has 1 aromatic carbocycles. The van der Waals surface area contributed by atoms with Gasteiger partial charge in [0.15, 0.2) is 0 Å². The third kappa shape index (κ3) is 2.64. The van der Waals surface area contributed by atoms with Crippen molar-refractivity contribution in [3.63, 3.8) is 0 Å². The zero-order valence-corrected chi connectivity index (χ0v) is 12.3. The molecule has 0 bridgehead atoms. The number of hydrogen-bond acceptors (Lipinski definition) is 2. The summed E-state index contributed by atoms with van der Waals surface area (Å²) in [4.78, 5) is 0. The Morgan fingerprint density at radius 2 is 2.00 bits per heavy atom. The van der Waals surface area contributed by atoms with Crippen LogP contribution in [0.25, 0.3) is 0 Å². The van der Waals surface area contributed by atoms with Crippen molar-refractivity contribution in [2.24, 2.45) is 0 Å². The highest BCUT2D eigenvalue weighted by Crippen LogP contribution is 2.19. The van der Waals surface area contributed by atoms with Crippen molar-refractivity contribution < 1.29 is 8.42 Å². The zero-order chi connectivity index (χ0) is 14.2. The van der Waals surface area contributed by atoms with Gasteiger partial charge in [0.05, 0.1) is 12.3 Å². The Hall–Kier alpha value is -1.59. The molecule has 0 fully saturated rings. The van der Waals surface area contributed by atoms with Crippen LogP contribution in [-0.4, -0.2) is 23.8 Å². The number of rotatable bonds is 3. The Morgan fingerprint density at radius 3 is 2.80 bits per heavy atom. The van der Waals surface area contributed by atoms with Crippen LogP contribution in [0.4, 0.5) is 0 Å². The first-order valence-corrected chi connectivity index (χ1v) is 8.33. The first kappa shape index (κ1) is 13.4. The van der Waals surface area contributed by atoms with E-state index < -0.39 is 10.0 Å². The van der Waals surface area contributed by atoms with Gasteiger partial charge >= 0.3 is 0 Å². The van der Waals surface area contributed by atoms with E-state index >= 15 is 0 Å². The molecular weight excluding hydrogens is 272 g/mol. The summed E-state index contributed by atoms with van der Waals surface area (Å²) in [5, 5.41) is 0. The smallest absolute Gasteiger partial charge is 0.218 e. The van der Waals surface area contributed by atoms with Crippen molar-refractivity contribution in [2.75, 3.05) is 6.54 Å². The van der Waals surface area contributed by atoms with Crippen LogP contribution in [0.1, 0.15) is 16.8 Å². The first-order valence-electron chi connectivity index (χ1n) is 6.72. The Kier molecular flexibility index (Phi) is 3.40. The van der Waals surface area contributed by atoms with Crippen LogP contribution in [0.5, 0.6) is 0 Å². The molecule has 1 aromatic heterocycles. The van der Waals surface area contributed by atoms with Gasteiger partial charge in [-0.3, -0.25) is 0 Å². The van der Waals surface area contributed by atoms with E-state index in [0.717, 1.165) is 23.4 Å². The summed E-state index contributed by atoms with van der Waals surface area (Å²) in [6.45, 7) is 3.73. The maximum atomic E-state index is 12.5. The molecule has 2 heterocycles. The van der Waals surface area contributed by atoms with E-state index in [2.05, 4.69) is 4.57 Å². The summed E-state index contributed by atoms with van der Waals surface area (Å²) < 4.78 is 28.7. The average Bonchev–Trinajstić information content (AvgIpc) is 2.85. The summed E-state index contributed by atoms with van der Waals surface area (Å²) in [5.74, 6) is 0.0788. The van der Waals surface area contributed by atoms with Crippen molar-refractivity contribution in [1.82, 2.24) is 8.87 Å². The molecule has 0 amide bonds. The molecule has 1 aliphatic rings. The Labute approximate surface area is 119 Å². The van der Waals surface area contributed by atoms with Crippen molar-refractivity contribution in [1.29, 1.82) is 0 Å². The number of fused-ring (bicyclic) bond motifs is 1. The molecule has 4 nitrogen and oxygen atoms in total. The van der Waals surface area contributed by atoms with Crippen LogP contribution in [-0.2, 0) is 28.9 Å². The van der Waals surface area contributed by atoms with Gasteiger partial charge in [0.1, 0.15) is 0 Å². The Bertz CT molecular complexity index is 719. The molecule has 3 rings (SSSR count). The summed E-state index contributed by atoms with van der Waals surface area (Å²) in [7, 11) is -3.25. The minimum absolute atomic E-state index is 0.0788. The molecule has 0 radical (unpaired) electrons. The van der Waals surface area contributed by atoms with Crippen LogP contribution in [0.2, 0.25) is 0 Å². The van der Waals surface area contributed by atoms with E-state index in [-0.39, 0.29) is 5.75 Å². The molecule has 0 aliphatic carbocycles. The lowest BCUT2D eigenvalue weighted by Crippen LogP contribution is -2.38. The molecule has 0 saturated heterocycles. The van der Waals surface area contributed by atoms with Crippen LogP contribution in [0, 0.1) is 6.92 Å². The number of nitrogens with zero attached hydrogens (tertiary/aromatic N) is 2. The van der Waals surface area contributed by atoms with E-state index in [9.17, 15) is 8.42 Å². The second kappa shape index (κ2) is 5.07. The molecule has 5 heteroatoms.